The predicted molar refractivity (Wildman–Crippen MR) is 64.0 cm³/mol. The van der Waals surface area contributed by atoms with Gasteiger partial charge in [0.25, 0.3) is 0 Å². The summed E-state index contributed by atoms with van der Waals surface area (Å²) in [6.07, 6.45) is 1.87. The number of hydrogen-bond acceptors (Lipinski definition) is 5. The van der Waals surface area contributed by atoms with Crippen molar-refractivity contribution >= 4 is 11.8 Å². The summed E-state index contributed by atoms with van der Waals surface area (Å²) in [6, 6.07) is 0. The normalized spacial score (nSPS) is 16.2. The van der Waals surface area contributed by atoms with E-state index in [0.717, 1.165) is 44.2 Å². The molecule has 0 aliphatic carbocycles. The number of nitrogens with one attached hydrogen (secondary N) is 1. The Morgan fingerprint density at radius 2 is 2.19 bits per heavy atom. The van der Waals surface area contributed by atoms with E-state index in [2.05, 4.69) is 20.2 Å². The summed E-state index contributed by atoms with van der Waals surface area (Å²) in [6.45, 7) is 8.29. The fourth-order valence-corrected chi connectivity index (χ4v) is 1.77. The van der Waals surface area contributed by atoms with Crippen molar-refractivity contribution in [1.29, 1.82) is 0 Å². The first-order valence-electron chi connectivity index (χ1n) is 5.71. The van der Waals surface area contributed by atoms with E-state index >= 15 is 0 Å². The van der Waals surface area contributed by atoms with Crippen molar-refractivity contribution in [3.05, 3.63) is 11.8 Å². The van der Waals surface area contributed by atoms with Gasteiger partial charge in [0.2, 0.25) is 5.95 Å². The maximum absolute atomic E-state index is 5.34. The molecule has 1 aliphatic heterocycles. The molecule has 0 aromatic carbocycles. The van der Waals surface area contributed by atoms with E-state index < -0.39 is 0 Å². The molecule has 16 heavy (non-hydrogen) atoms. The molecule has 0 spiro atoms. The van der Waals surface area contributed by atoms with Gasteiger partial charge >= 0.3 is 0 Å². The zero-order chi connectivity index (χ0) is 11.4. The first kappa shape index (κ1) is 11.1. The summed E-state index contributed by atoms with van der Waals surface area (Å²) < 4.78 is 5.34. The first-order chi connectivity index (χ1) is 7.81. The molecule has 2 heterocycles. The molecular weight excluding hydrogens is 204 g/mol. The van der Waals surface area contributed by atoms with Gasteiger partial charge in [-0.25, -0.2) is 4.98 Å². The van der Waals surface area contributed by atoms with Gasteiger partial charge in [-0.15, -0.1) is 0 Å². The molecule has 0 saturated carbocycles. The van der Waals surface area contributed by atoms with E-state index in [4.69, 9.17) is 4.74 Å². The molecule has 5 nitrogen and oxygen atoms in total. The van der Waals surface area contributed by atoms with Gasteiger partial charge < -0.3 is 15.0 Å². The molecule has 5 heteroatoms. The Labute approximate surface area is 95.8 Å². The van der Waals surface area contributed by atoms with Crippen LogP contribution in [0, 0.1) is 6.92 Å². The van der Waals surface area contributed by atoms with Crippen LogP contribution in [0.2, 0.25) is 0 Å². The van der Waals surface area contributed by atoms with Gasteiger partial charge in [-0.05, 0) is 13.8 Å². The first-order valence-corrected chi connectivity index (χ1v) is 5.71. The van der Waals surface area contributed by atoms with Crippen LogP contribution in [0.25, 0.3) is 0 Å². The third-order valence-electron chi connectivity index (χ3n) is 2.59. The molecule has 0 amide bonds. The Morgan fingerprint density at radius 3 is 2.88 bits per heavy atom. The summed E-state index contributed by atoms with van der Waals surface area (Å²) >= 11 is 0. The van der Waals surface area contributed by atoms with E-state index in [0.29, 0.717) is 5.95 Å². The highest BCUT2D eigenvalue weighted by Crippen LogP contribution is 2.18. The van der Waals surface area contributed by atoms with Crippen LogP contribution in [0.3, 0.4) is 0 Å². The number of hydrogen-bond donors (Lipinski definition) is 1. The van der Waals surface area contributed by atoms with Crippen molar-refractivity contribution in [2.24, 2.45) is 0 Å². The van der Waals surface area contributed by atoms with Crippen molar-refractivity contribution in [3.8, 4) is 0 Å². The second-order valence-corrected chi connectivity index (χ2v) is 3.83. The van der Waals surface area contributed by atoms with Crippen LogP contribution < -0.4 is 10.2 Å². The summed E-state index contributed by atoms with van der Waals surface area (Å²) in [5.74, 6) is 1.73. The number of anilines is 2. The molecule has 1 aromatic heterocycles. The van der Waals surface area contributed by atoms with Crippen molar-refractivity contribution in [3.63, 3.8) is 0 Å². The SMILES string of the molecule is CCNc1ncc(C)c(N2CCOCC2)n1. The van der Waals surface area contributed by atoms with Crippen LogP contribution in [0.4, 0.5) is 11.8 Å². The highest BCUT2D eigenvalue weighted by atomic mass is 16.5. The van der Waals surface area contributed by atoms with E-state index in [9.17, 15) is 0 Å². The quantitative estimate of drug-likeness (QED) is 0.828. The molecule has 1 aliphatic rings. The summed E-state index contributed by atoms with van der Waals surface area (Å²) in [5, 5.41) is 3.13. The van der Waals surface area contributed by atoms with Gasteiger partial charge in [0.15, 0.2) is 0 Å². The highest BCUT2D eigenvalue weighted by molar-refractivity contribution is 5.49. The summed E-state index contributed by atoms with van der Waals surface area (Å²) in [4.78, 5) is 11.0. The van der Waals surface area contributed by atoms with Crippen LogP contribution >= 0.6 is 0 Å². The minimum Gasteiger partial charge on any atom is -0.378 e. The lowest BCUT2D eigenvalue weighted by Gasteiger charge is -2.29. The van der Waals surface area contributed by atoms with Crippen LogP contribution in [0.5, 0.6) is 0 Å². The maximum Gasteiger partial charge on any atom is 0.224 e. The van der Waals surface area contributed by atoms with Crippen LogP contribution in [-0.4, -0.2) is 42.8 Å². The Balaban J connectivity index is 2.19. The van der Waals surface area contributed by atoms with Crippen LogP contribution in [-0.2, 0) is 4.74 Å². The summed E-state index contributed by atoms with van der Waals surface area (Å²) in [5.41, 5.74) is 1.11. The van der Waals surface area contributed by atoms with Gasteiger partial charge in [0.05, 0.1) is 13.2 Å². The number of morpholine rings is 1. The number of nitrogens with zero attached hydrogens (tertiary/aromatic N) is 3. The molecule has 0 bridgehead atoms. The molecular formula is C11H18N4O. The Bertz CT molecular complexity index is 350. The van der Waals surface area contributed by atoms with Gasteiger partial charge in [-0.2, -0.15) is 4.98 Å². The average molecular weight is 222 g/mol. The number of aryl methyl sites for hydroxylation is 1. The lowest BCUT2D eigenvalue weighted by molar-refractivity contribution is 0.122. The molecule has 1 fully saturated rings. The van der Waals surface area contributed by atoms with Crippen LogP contribution in [0.1, 0.15) is 12.5 Å². The zero-order valence-corrected chi connectivity index (χ0v) is 9.86. The van der Waals surface area contributed by atoms with Gasteiger partial charge in [0.1, 0.15) is 5.82 Å². The Hall–Kier alpha value is -1.36. The minimum absolute atomic E-state index is 0.703. The Kier molecular flexibility index (Phi) is 3.56. The number of aromatic nitrogens is 2. The third kappa shape index (κ3) is 2.41. The fraction of sp³-hybridized carbons (Fsp3) is 0.636. The van der Waals surface area contributed by atoms with E-state index in [-0.39, 0.29) is 0 Å². The highest BCUT2D eigenvalue weighted by Gasteiger charge is 2.15. The average Bonchev–Trinajstić information content (AvgIpc) is 2.33. The van der Waals surface area contributed by atoms with Crippen molar-refractivity contribution < 1.29 is 4.74 Å². The van der Waals surface area contributed by atoms with Gasteiger partial charge in [0, 0.05) is 31.4 Å². The molecule has 0 radical (unpaired) electrons. The molecule has 1 saturated heterocycles. The fourth-order valence-electron chi connectivity index (χ4n) is 1.77. The van der Waals surface area contributed by atoms with Gasteiger partial charge in [-0.3, -0.25) is 0 Å². The van der Waals surface area contributed by atoms with E-state index in [1.165, 1.54) is 0 Å². The molecule has 0 atom stereocenters. The van der Waals surface area contributed by atoms with Crippen LogP contribution in [0.15, 0.2) is 6.20 Å². The van der Waals surface area contributed by atoms with Gasteiger partial charge in [-0.1, -0.05) is 0 Å². The second-order valence-electron chi connectivity index (χ2n) is 3.83. The van der Waals surface area contributed by atoms with E-state index in [1.807, 2.05) is 20.0 Å². The minimum atomic E-state index is 0.703. The standard InChI is InChI=1S/C11H18N4O/c1-3-12-11-13-8-9(2)10(14-11)15-4-6-16-7-5-15/h8H,3-7H2,1-2H3,(H,12,13,14). The number of ether oxygens (including phenoxy) is 1. The molecule has 1 aromatic rings. The maximum atomic E-state index is 5.34. The largest absolute Gasteiger partial charge is 0.378 e. The topological polar surface area (TPSA) is 50.3 Å². The zero-order valence-electron chi connectivity index (χ0n) is 9.86. The molecule has 2 rings (SSSR count). The third-order valence-corrected chi connectivity index (χ3v) is 2.59. The summed E-state index contributed by atoms with van der Waals surface area (Å²) in [7, 11) is 0. The Morgan fingerprint density at radius 1 is 1.44 bits per heavy atom. The lowest BCUT2D eigenvalue weighted by atomic mass is 10.3. The van der Waals surface area contributed by atoms with Crippen molar-refractivity contribution in [1.82, 2.24) is 9.97 Å². The number of rotatable bonds is 3. The molecule has 88 valence electrons. The second kappa shape index (κ2) is 5.12. The molecule has 1 N–H and O–H groups in total. The monoisotopic (exact) mass is 222 g/mol. The van der Waals surface area contributed by atoms with Crippen molar-refractivity contribution in [2.45, 2.75) is 13.8 Å². The van der Waals surface area contributed by atoms with Crippen molar-refractivity contribution in [2.75, 3.05) is 43.1 Å². The predicted octanol–water partition coefficient (Wildman–Crippen LogP) is 1.05. The molecule has 0 unspecified atom stereocenters. The van der Waals surface area contributed by atoms with E-state index in [1.54, 1.807) is 0 Å². The smallest absolute Gasteiger partial charge is 0.224 e. The lowest BCUT2D eigenvalue weighted by Crippen LogP contribution is -2.37.